The zero-order chi connectivity index (χ0) is 13.5. The lowest BCUT2D eigenvalue weighted by Crippen LogP contribution is -2.09. The minimum Gasteiger partial charge on any atom is -0.325 e. The number of alkyl halides is 1. The molecule has 1 aliphatic rings. The molecule has 0 radical (unpaired) electrons. The highest BCUT2D eigenvalue weighted by atomic mass is 79.9. The lowest BCUT2D eigenvalue weighted by Gasteiger charge is -2.13. The number of benzene rings is 1. The van der Waals surface area contributed by atoms with Crippen LogP contribution in [0, 0.1) is 0 Å². The molecular formula is C11H11Br2NO3S. The van der Waals surface area contributed by atoms with E-state index < -0.39 is 9.84 Å². The Bertz CT molecular complexity index is 613. The van der Waals surface area contributed by atoms with E-state index in [9.17, 15) is 13.2 Å². The molecule has 7 heteroatoms. The van der Waals surface area contributed by atoms with E-state index in [0.29, 0.717) is 6.42 Å². The molecule has 0 saturated carbocycles. The molecule has 1 N–H and O–H groups in total. The number of hydrogen-bond donors (Lipinski definition) is 1. The fraction of sp³-hybridized carbons (Fsp3) is 0.364. The molecule has 1 amide bonds. The normalized spacial score (nSPS) is 16.3. The van der Waals surface area contributed by atoms with Gasteiger partial charge in [0, 0.05) is 16.4 Å². The Balaban J connectivity index is 2.35. The van der Waals surface area contributed by atoms with Crippen LogP contribution < -0.4 is 5.32 Å². The summed E-state index contributed by atoms with van der Waals surface area (Å²) < 4.78 is 23.4. The average Bonchev–Trinajstić information content (AvgIpc) is 2.53. The van der Waals surface area contributed by atoms with Crippen LogP contribution in [-0.2, 0) is 21.1 Å². The summed E-state index contributed by atoms with van der Waals surface area (Å²) in [5.74, 6) is -0.0190. The number of carbonyl (C=O) groups is 1. The van der Waals surface area contributed by atoms with Crippen LogP contribution in [0.25, 0.3) is 0 Å². The summed E-state index contributed by atoms with van der Waals surface area (Å²) in [6, 6.07) is 3.67. The van der Waals surface area contributed by atoms with Crippen LogP contribution >= 0.6 is 31.9 Å². The van der Waals surface area contributed by atoms with Crippen LogP contribution in [-0.4, -0.2) is 26.3 Å². The van der Waals surface area contributed by atoms with E-state index in [-0.39, 0.29) is 16.5 Å². The van der Waals surface area contributed by atoms with Crippen molar-refractivity contribution in [1.29, 1.82) is 0 Å². The molecule has 18 heavy (non-hydrogen) atoms. The fourth-order valence-electron chi connectivity index (χ4n) is 1.86. The second-order valence-corrected chi connectivity index (χ2v) is 8.46. The minimum absolute atomic E-state index is 0.0196. The Hall–Kier alpha value is -0.400. The number of halogens is 2. The molecule has 1 aromatic rings. The lowest BCUT2D eigenvalue weighted by atomic mass is 10.1. The van der Waals surface area contributed by atoms with Gasteiger partial charge in [-0.15, -0.1) is 0 Å². The van der Waals surface area contributed by atoms with Gasteiger partial charge in [0.1, 0.15) is 9.84 Å². The topological polar surface area (TPSA) is 63.2 Å². The smallest absolute Gasteiger partial charge is 0.228 e. The van der Waals surface area contributed by atoms with E-state index in [2.05, 4.69) is 37.2 Å². The highest BCUT2D eigenvalue weighted by Crippen LogP contribution is 2.36. The van der Waals surface area contributed by atoms with Gasteiger partial charge in [0.05, 0.1) is 17.0 Å². The maximum absolute atomic E-state index is 11.3. The van der Waals surface area contributed by atoms with Crippen LogP contribution in [0.15, 0.2) is 16.6 Å². The van der Waals surface area contributed by atoms with Crippen LogP contribution in [0.3, 0.4) is 0 Å². The Labute approximate surface area is 122 Å². The summed E-state index contributed by atoms with van der Waals surface area (Å²) in [6.45, 7) is 0. The third-order valence-corrected chi connectivity index (χ3v) is 5.51. The molecule has 1 aliphatic heterocycles. The number of amides is 1. The molecule has 0 bridgehead atoms. The summed E-state index contributed by atoms with van der Waals surface area (Å²) in [6.07, 6.45) is 1.54. The second-order valence-electron chi connectivity index (χ2n) is 4.32. The molecule has 1 heterocycles. The predicted molar refractivity (Wildman–Crippen MR) is 77.9 cm³/mol. The maximum atomic E-state index is 11.3. The monoisotopic (exact) mass is 395 g/mol. The summed E-state index contributed by atoms with van der Waals surface area (Å²) >= 11 is 6.78. The summed E-state index contributed by atoms with van der Waals surface area (Å²) in [4.78, 5) is 11.0. The summed E-state index contributed by atoms with van der Waals surface area (Å²) in [7, 11) is -3.06. The number of anilines is 1. The largest absolute Gasteiger partial charge is 0.325 e. The molecule has 2 rings (SSSR count). The van der Waals surface area contributed by atoms with Gasteiger partial charge >= 0.3 is 0 Å². The van der Waals surface area contributed by atoms with Gasteiger partial charge in [-0.2, -0.15) is 0 Å². The molecule has 0 aliphatic carbocycles. The van der Waals surface area contributed by atoms with Gasteiger partial charge in [0.2, 0.25) is 5.91 Å². The van der Waals surface area contributed by atoms with Crippen molar-refractivity contribution >= 4 is 53.3 Å². The zero-order valence-corrected chi connectivity index (χ0v) is 13.5. The first-order valence-corrected chi connectivity index (χ1v) is 8.97. The van der Waals surface area contributed by atoms with Crippen molar-refractivity contribution in [2.75, 3.05) is 17.3 Å². The fourth-order valence-corrected chi connectivity index (χ4v) is 5.32. The molecule has 0 fully saturated rings. The number of fused-ring (bicyclic) bond motifs is 1. The van der Waals surface area contributed by atoms with Crippen LogP contribution in [0.1, 0.15) is 16.0 Å². The molecule has 0 saturated heterocycles. The van der Waals surface area contributed by atoms with Crippen molar-refractivity contribution in [3.63, 3.8) is 0 Å². The van der Waals surface area contributed by atoms with E-state index >= 15 is 0 Å². The number of hydrogen-bond acceptors (Lipinski definition) is 3. The van der Waals surface area contributed by atoms with Gasteiger partial charge < -0.3 is 5.32 Å². The second kappa shape index (κ2) is 4.94. The average molecular weight is 397 g/mol. The first kappa shape index (κ1) is 14.0. The Kier molecular flexibility index (Phi) is 3.85. The summed E-state index contributed by atoms with van der Waals surface area (Å²) in [5, 5.41) is 2.75. The molecule has 1 aromatic carbocycles. The van der Waals surface area contributed by atoms with Crippen molar-refractivity contribution < 1.29 is 13.2 Å². The van der Waals surface area contributed by atoms with E-state index in [0.717, 1.165) is 21.3 Å². The number of nitrogens with one attached hydrogen (secondary N) is 1. The first-order chi connectivity index (χ1) is 8.26. The molecule has 98 valence electrons. The number of carbonyl (C=O) groups excluding carboxylic acids is 1. The van der Waals surface area contributed by atoms with Gasteiger partial charge in [0.25, 0.3) is 0 Å². The van der Waals surface area contributed by atoms with Crippen molar-refractivity contribution in [1.82, 2.24) is 0 Å². The highest BCUT2D eigenvalue weighted by Gasteiger charge is 2.23. The van der Waals surface area contributed by atoms with E-state index in [1.165, 1.54) is 6.26 Å². The van der Waals surface area contributed by atoms with E-state index in [4.69, 9.17) is 0 Å². The minimum atomic E-state index is -3.06. The SMILES string of the molecule is CS(=O)(=O)CC(Br)c1cc2c(cc1Br)NC(=O)C2. The van der Waals surface area contributed by atoms with Crippen LogP contribution in [0.4, 0.5) is 5.69 Å². The summed E-state index contributed by atoms with van der Waals surface area (Å²) in [5.41, 5.74) is 2.53. The number of rotatable bonds is 3. The van der Waals surface area contributed by atoms with Gasteiger partial charge in [-0.25, -0.2) is 8.42 Å². The highest BCUT2D eigenvalue weighted by molar-refractivity contribution is 9.11. The molecule has 1 atom stereocenters. The van der Waals surface area contributed by atoms with Crippen molar-refractivity contribution in [3.05, 3.63) is 27.7 Å². The number of sulfone groups is 1. The van der Waals surface area contributed by atoms with Crippen LogP contribution in [0.5, 0.6) is 0 Å². The quantitative estimate of drug-likeness (QED) is 0.798. The Morgan fingerprint density at radius 3 is 2.72 bits per heavy atom. The third kappa shape index (κ3) is 3.13. The van der Waals surface area contributed by atoms with Gasteiger partial charge in [-0.3, -0.25) is 4.79 Å². The molecular weight excluding hydrogens is 386 g/mol. The Morgan fingerprint density at radius 2 is 2.11 bits per heavy atom. The van der Waals surface area contributed by atoms with Crippen molar-refractivity contribution in [2.45, 2.75) is 11.2 Å². The molecule has 0 aromatic heterocycles. The Morgan fingerprint density at radius 1 is 1.44 bits per heavy atom. The van der Waals surface area contributed by atoms with Crippen LogP contribution in [0.2, 0.25) is 0 Å². The van der Waals surface area contributed by atoms with Gasteiger partial charge in [0.15, 0.2) is 0 Å². The van der Waals surface area contributed by atoms with Crippen molar-refractivity contribution in [3.8, 4) is 0 Å². The molecule has 1 unspecified atom stereocenters. The molecule has 4 nitrogen and oxygen atoms in total. The predicted octanol–water partition coefficient (Wildman–Crippen LogP) is 2.42. The van der Waals surface area contributed by atoms with Gasteiger partial charge in [-0.05, 0) is 17.2 Å². The first-order valence-electron chi connectivity index (χ1n) is 5.20. The lowest BCUT2D eigenvalue weighted by molar-refractivity contribution is -0.115. The van der Waals surface area contributed by atoms with Crippen molar-refractivity contribution in [2.24, 2.45) is 0 Å². The van der Waals surface area contributed by atoms with E-state index in [1.807, 2.05) is 12.1 Å². The maximum Gasteiger partial charge on any atom is 0.228 e. The third-order valence-electron chi connectivity index (χ3n) is 2.63. The standard InChI is InChI=1S/C11H11Br2NO3S/c1-18(16,17)5-9(13)7-2-6-3-11(15)14-10(6)4-8(7)12/h2,4,9H,3,5H2,1H3,(H,14,15). The molecule has 0 spiro atoms. The van der Waals surface area contributed by atoms with E-state index in [1.54, 1.807) is 0 Å². The van der Waals surface area contributed by atoms with Gasteiger partial charge in [-0.1, -0.05) is 37.9 Å². The zero-order valence-electron chi connectivity index (χ0n) is 9.54.